The first kappa shape index (κ1) is 14.8. The second kappa shape index (κ2) is 6.69. The minimum Gasteiger partial charge on any atom is -0.467 e. The number of carbonyl (C=O) groups is 2. The van der Waals surface area contributed by atoms with Crippen molar-refractivity contribution in [2.75, 3.05) is 0 Å². The van der Waals surface area contributed by atoms with Gasteiger partial charge in [0, 0.05) is 0 Å². The first-order valence-corrected chi connectivity index (χ1v) is 6.33. The van der Waals surface area contributed by atoms with Gasteiger partial charge in [-0.15, -0.1) is 0 Å². The lowest BCUT2D eigenvalue weighted by Crippen LogP contribution is -2.35. The van der Waals surface area contributed by atoms with Crippen LogP contribution in [0.15, 0.2) is 47.1 Å². The maximum Gasteiger partial charge on any atom is 0.339 e. The molecule has 0 aliphatic heterocycles. The Hall–Kier alpha value is -2.63. The molecule has 2 aromatic rings. The number of carbonyl (C=O) groups excluding carboxylic acids is 2. The summed E-state index contributed by atoms with van der Waals surface area (Å²) in [4.78, 5) is 23.5. The molecule has 0 bridgehead atoms. The Morgan fingerprint density at radius 2 is 2.14 bits per heavy atom. The van der Waals surface area contributed by atoms with Crippen LogP contribution in [0.4, 0.5) is 4.39 Å². The summed E-state index contributed by atoms with van der Waals surface area (Å²) in [5.74, 6) is -1.17. The second-order valence-electron chi connectivity index (χ2n) is 4.36. The molecule has 5 nitrogen and oxygen atoms in total. The molecule has 1 amide bonds. The van der Waals surface area contributed by atoms with Crippen molar-refractivity contribution >= 4 is 11.9 Å². The molecular formula is C15H14FNO4. The van der Waals surface area contributed by atoms with E-state index < -0.39 is 23.8 Å². The lowest BCUT2D eigenvalue weighted by atomic mass is 10.2. The van der Waals surface area contributed by atoms with E-state index >= 15 is 0 Å². The Balaban J connectivity index is 1.86. The van der Waals surface area contributed by atoms with E-state index in [4.69, 9.17) is 9.15 Å². The minimum atomic E-state index is -0.990. The summed E-state index contributed by atoms with van der Waals surface area (Å²) < 4.78 is 23.0. The van der Waals surface area contributed by atoms with Crippen LogP contribution in [-0.2, 0) is 16.1 Å². The first-order chi connectivity index (χ1) is 10.1. The number of nitrogens with one attached hydrogen (secondary N) is 1. The van der Waals surface area contributed by atoms with Crippen molar-refractivity contribution in [3.63, 3.8) is 0 Å². The van der Waals surface area contributed by atoms with Crippen LogP contribution in [0.1, 0.15) is 23.0 Å². The van der Waals surface area contributed by atoms with E-state index in [-0.39, 0.29) is 12.1 Å². The fraction of sp³-hybridized carbons (Fsp3) is 0.200. The Morgan fingerprint density at radius 1 is 1.33 bits per heavy atom. The highest BCUT2D eigenvalue weighted by atomic mass is 19.1. The molecule has 0 saturated carbocycles. The third-order valence-electron chi connectivity index (χ3n) is 2.73. The second-order valence-corrected chi connectivity index (χ2v) is 4.36. The van der Waals surface area contributed by atoms with Crippen molar-refractivity contribution in [3.05, 3.63) is 59.8 Å². The van der Waals surface area contributed by atoms with E-state index in [1.54, 1.807) is 12.1 Å². The number of benzene rings is 1. The monoisotopic (exact) mass is 291 g/mol. The predicted octanol–water partition coefficient (Wildman–Crippen LogP) is 2.28. The molecule has 1 aromatic heterocycles. The van der Waals surface area contributed by atoms with Gasteiger partial charge < -0.3 is 14.5 Å². The molecule has 0 radical (unpaired) electrons. The summed E-state index contributed by atoms with van der Waals surface area (Å²) in [5.41, 5.74) is 0.0562. The van der Waals surface area contributed by atoms with Crippen molar-refractivity contribution in [1.29, 1.82) is 0 Å². The number of esters is 1. The summed E-state index contributed by atoms with van der Waals surface area (Å²) in [6, 6.07) is 8.50. The number of hydrogen-bond acceptors (Lipinski definition) is 4. The summed E-state index contributed by atoms with van der Waals surface area (Å²) in [6.07, 6.45) is 0.505. The van der Waals surface area contributed by atoms with Crippen LogP contribution < -0.4 is 5.32 Å². The SMILES string of the molecule is C[C@H](OC(=O)c1cccc(F)c1)C(=O)NCc1ccco1. The molecule has 0 fully saturated rings. The third kappa shape index (κ3) is 4.17. The lowest BCUT2D eigenvalue weighted by Gasteiger charge is -2.13. The highest BCUT2D eigenvalue weighted by Crippen LogP contribution is 2.07. The average molecular weight is 291 g/mol. The summed E-state index contributed by atoms with van der Waals surface area (Å²) in [7, 11) is 0. The zero-order chi connectivity index (χ0) is 15.2. The molecule has 0 spiro atoms. The van der Waals surface area contributed by atoms with E-state index in [0.717, 1.165) is 6.07 Å². The number of hydrogen-bond donors (Lipinski definition) is 1. The maximum atomic E-state index is 13.0. The quantitative estimate of drug-likeness (QED) is 0.858. The Kier molecular flexibility index (Phi) is 4.71. The van der Waals surface area contributed by atoms with Gasteiger partial charge in [-0.3, -0.25) is 4.79 Å². The predicted molar refractivity (Wildman–Crippen MR) is 71.8 cm³/mol. The van der Waals surface area contributed by atoms with Gasteiger partial charge in [0.05, 0.1) is 18.4 Å². The van der Waals surface area contributed by atoms with E-state index in [0.29, 0.717) is 5.76 Å². The van der Waals surface area contributed by atoms with Crippen molar-refractivity contribution in [2.45, 2.75) is 19.6 Å². The topological polar surface area (TPSA) is 68.5 Å². The Morgan fingerprint density at radius 3 is 2.81 bits per heavy atom. The summed E-state index contributed by atoms with van der Waals surface area (Å²) in [6.45, 7) is 1.64. The summed E-state index contributed by atoms with van der Waals surface area (Å²) >= 11 is 0. The van der Waals surface area contributed by atoms with Gasteiger partial charge in [-0.2, -0.15) is 0 Å². The van der Waals surface area contributed by atoms with E-state index in [1.807, 2.05) is 0 Å². The van der Waals surface area contributed by atoms with Crippen LogP contribution in [-0.4, -0.2) is 18.0 Å². The molecule has 21 heavy (non-hydrogen) atoms. The van der Waals surface area contributed by atoms with Crippen molar-refractivity contribution in [3.8, 4) is 0 Å². The first-order valence-electron chi connectivity index (χ1n) is 6.33. The van der Waals surface area contributed by atoms with Gasteiger partial charge >= 0.3 is 5.97 Å². The number of rotatable bonds is 5. The molecule has 0 saturated heterocycles. The molecule has 6 heteroatoms. The third-order valence-corrected chi connectivity index (χ3v) is 2.73. The van der Waals surface area contributed by atoms with Gasteiger partial charge in [-0.05, 0) is 37.3 Å². The zero-order valence-electron chi connectivity index (χ0n) is 11.3. The van der Waals surface area contributed by atoms with Crippen molar-refractivity contribution in [2.24, 2.45) is 0 Å². The van der Waals surface area contributed by atoms with E-state index in [9.17, 15) is 14.0 Å². The fourth-order valence-electron chi connectivity index (χ4n) is 1.63. The van der Waals surface area contributed by atoms with E-state index in [1.165, 1.54) is 31.4 Å². The van der Waals surface area contributed by atoms with Crippen LogP contribution in [0, 0.1) is 5.82 Å². The molecule has 0 aliphatic rings. The Bertz CT molecular complexity index is 624. The van der Waals surface area contributed by atoms with Gasteiger partial charge in [0.15, 0.2) is 6.10 Å². The molecule has 0 aliphatic carbocycles. The highest BCUT2D eigenvalue weighted by Gasteiger charge is 2.19. The number of amides is 1. The van der Waals surface area contributed by atoms with Gasteiger partial charge in [-0.1, -0.05) is 6.07 Å². The molecule has 0 unspecified atom stereocenters. The standard InChI is InChI=1S/C15H14FNO4/c1-10(14(18)17-9-13-6-3-7-20-13)21-15(19)11-4-2-5-12(16)8-11/h2-8,10H,9H2,1H3,(H,17,18)/t10-/m0/s1. The molecule has 110 valence electrons. The van der Waals surface area contributed by atoms with Crippen LogP contribution >= 0.6 is 0 Å². The summed E-state index contributed by atoms with van der Waals surface area (Å²) in [5, 5.41) is 2.57. The van der Waals surface area contributed by atoms with Gasteiger partial charge in [0.1, 0.15) is 11.6 Å². The number of furan rings is 1. The molecule has 1 atom stereocenters. The molecule has 1 N–H and O–H groups in total. The zero-order valence-corrected chi connectivity index (χ0v) is 11.3. The fourth-order valence-corrected chi connectivity index (χ4v) is 1.63. The van der Waals surface area contributed by atoms with Crippen LogP contribution in [0.5, 0.6) is 0 Å². The van der Waals surface area contributed by atoms with Crippen molar-refractivity contribution in [1.82, 2.24) is 5.32 Å². The largest absolute Gasteiger partial charge is 0.467 e. The molecular weight excluding hydrogens is 277 g/mol. The lowest BCUT2D eigenvalue weighted by molar-refractivity contribution is -0.129. The van der Waals surface area contributed by atoms with E-state index in [2.05, 4.69) is 5.32 Å². The van der Waals surface area contributed by atoms with Crippen LogP contribution in [0.3, 0.4) is 0 Å². The highest BCUT2D eigenvalue weighted by molar-refractivity contribution is 5.92. The Labute approximate surface area is 120 Å². The van der Waals surface area contributed by atoms with Crippen molar-refractivity contribution < 1.29 is 23.1 Å². The van der Waals surface area contributed by atoms with Gasteiger partial charge in [0.2, 0.25) is 0 Å². The van der Waals surface area contributed by atoms with Crippen LogP contribution in [0.25, 0.3) is 0 Å². The van der Waals surface area contributed by atoms with Crippen LogP contribution in [0.2, 0.25) is 0 Å². The maximum absolute atomic E-state index is 13.0. The minimum absolute atomic E-state index is 0.0562. The molecule has 1 heterocycles. The van der Waals surface area contributed by atoms with Gasteiger partial charge in [-0.25, -0.2) is 9.18 Å². The number of ether oxygens (including phenoxy) is 1. The van der Waals surface area contributed by atoms with Gasteiger partial charge in [0.25, 0.3) is 5.91 Å². The average Bonchev–Trinajstić information content (AvgIpc) is 2.97. The normalized spacial score (nSPS) is 11.7. The molecule has 1 aromatic carbocycles. The smallest absolute Gasteiger partial charge is 0.339 e. The number of halogens is 1. The molecule has 2 rings (SSSR count).